The van der Waals surface area contributed by atoms with Crippen molar-refractivity contribution in [3.63, 3.8) is 0 Å². The van der Waals surface area contributed by atoms with Crippen molar-refractivity contribution in [1.82, 2.24) is 0 Å². The average molecular weight is 1400 g/mol. The molecule has 19 aromatic carbocycles. The van der Waals surface area contributed by atoms with E-state index in [0.29, 0.717) is 0 Å². The van der Waals surface area contributed by atoms with Crippen LogP contribution in [0.15, 0.2) is 388 Å². The summed E-state index contributed by atoms with van der Waals surface area (Å²) in [6.07, 6.45) is 0. The highest BCUT2D eigenvalue weighted by atomic mass is 15.1. The van der Waals surface area contributed by atoms with Crippen LogP contribution in [0.1, 0.15) is 49.9 Å². The highest BCUT2D eigenvalue weighted by Gasteiger charge is 2.37. The Balaban J connectivity index is 0.618. The molecule has 0 saturated carbocycles. The monoisotopic (exact) mass is 1400 g/mol. The molecule has 0 saturated heterocycles. The van der Waals surface area contributed by atoms with E-state index in [4.69, 9.17) is 0 Å². The van der Waals surface area contributed by atoms with Gasteiger partial charge in [0, 0.05) is 45.0 Å². The summed E-state index contributed by atoms with van der Waals surface area (Å²) in [6, 6.07) is 145. The van der Waals surface area contributed by atoms with Crippen LogP contribution in [0.4, 0.5) is 34.1 Å². The van der Waals surface area contributed by atoms with Gasteiger partial charge in [0.25, 0.3) is 0 Å². The van der Waals surface area contributed by atoms with Gasteiger partial charge in [-0.1, -0.05) is 301 Å². The minimum absolute atomic E-state index is 0.0848. The highest BCUT2D eigenvalue weighted by Crippen LogP contribution is 2.53. The molecule has 0 bridgehead atoms. The fraction of sp³-hybridized carbons (Fsp3) is 0.0556. The van der Waals surface area contributed by atoms with Crippen LogP contribution in [-0.4, -0.2) is 0 Å². The molecule has 2 aliphatic rings. The molecule has 0 amide bonds. The summed E-state index contributed by atoms with van der Waals surface area (Å²) in [5.41, 5.74) is 31.3. The number of hydrogen-bond acceptors (Lipinski definition) is 2. The smallest absolute Gasteiger partial charge is 0.0467 e. The van der Waals surface area contributed by atoms with Crippen molar-refractivity contribution in [2.45, 2.75) is 38.5 Å². The summed E-state index contributed by atoms with van der Waals surface area (Å²) in [5.74, 6) is 0. The Kier molecular flexibility index (Phi) is 15.0. The Bertz CT molecular complexity index is 6950. The molecular formula is C108H76N2. The van der Waals surface area contributed by atoms with Gasteiger partial charge in [0.1, 0.15) is 0 Å². The molecular weight excluding hydrogens is 1330 g/mol. The van der Waals surface area contributed by atoms with Crippen molar-refractivity contribution in [3.8, 4) is 89.0 Å². The van der Waals surface area contributed by atoms with Crippen molar-refractivity contribution in [3.05, 3.63) is 411 Å². The lowest BCUT2D eigenvalue weighted by atomic mass is 9.81. The molecule has 518 valence electrons. The maximum Gasteiger partial charge on any atom is 0.0467 e. The summed E-state index contributed by atoms with van der Waals surface area (Å²) in [7, 11) is 0. The topological polar surface area (TPSA) is 6.48 Å². The van der Waals surface area contributed by atoms with E-state index < -0.39 is 0 Å². The van der Waals surface area contributed by atoms with Crippen molar-refractivity contribution in [2.75, 3.05) is 9.80 Å². The molecule has 0 aliphatic heterocycles. The van der Waals surface area contributed by atoms with Crippen molar-refractivity contribution in [2.24, 2.45) is 0 Å². The first kappa shape index (κ1) is 64.7. The molecule has 110 heavy (non-hydrogen) atoms. The van der Waals surface area contributed by atoms with Gasteiger partial charge in [-0.2, -0.15) is 0 Å². The zero-order valence-corrected chi connectivity index (χ0v) is 61.8. The van der Waals surface area contributed by atoms with Gasteiger partial charge in [-0.05, 0) is 291 Å². The van der Waals surface area contributed by atoms with Crippen LogP contribution in [0, 0.1) is 0 Å². The minimum atomic E-state index is -0.159. The third-order valence-corrected chi connectivity index (χ3v) is 24.2. The quantitative estimate of drug-likeness (QED) is 0.113. The predicted molar refractivity (Wildman–Crippen MR) is 469 cm³/mol. The predicted octanol–water partition coefficient (Wildman–Crippen LogP) is 30.2. The Labute approximate surface area is 642 Å². The van der Waals surface area contributed by atoms with Gasteiger partial charge in [0.15, 0.2) is 0 Å². The molecule has 0 spiro atoms. The second-order valence-corrected chi connectivity index (χ2v) is 31.2. The van der Waals surface area contributed by atoms with Gasteiger partial charge in [-0.3, -0.25) is 0 Å². The fourth-order valence-corrected chi connectivity index (χ4v) is 18.4. The lowest BCUT2D eigenvalue weighted by molar-refractivity contribution is 0.660. The largest absolute Gasteiger partial charge is 0.310 e. The number of rotatable bonds is 12. The molecule has 0 unspecified atom stereocenters. The number of benzene rings is 19. The standard InChI is InChI=1S/C108H76N2/c1-107(2)103-33-15-13-31-97(103)99-57-48-79(67-105(99)107)72-45-51-86(52-46-72)109(85-49-41-70(42-50-85)75-38-35-69-19-5-6-20-74(69)59-75)88-24-17-23-81(63-88)102-66-84-62-78(47-56-92(84)94-28-10-12-30-96(94)102)77-40-37-73-36-39-76(60-83(73)61-77)71-43-53-87(54-44-71)110(90-55-58-100-98-32-14-16-34-104(98)108(3,4)106(100)68-90)89-25-18-22-80(64-89)101-65-82-21-7-8-26-91(82)93-27-9-11-29-95(93)101/h5-68H,1-4H3. The van der Waals surface area contributed by atoms with Crippen LogP contribution in [0.2, 0.25) is 0 Å². The summed E-state index contributed by atoms with van der Waals surface area (Å²) in [4.78, 5) is 4.87. The molecule has 0 aromatic heterocycles. The molecule has 0 heterocycles. The van der Waals surface area contributed by atoms with Gasteiger partial charge in [-0.15, -0.1) is 0 Å². The van der Waals surface area contributed by atoms with Crippen LogP contribution < -0.4 is 9.80 Å². The van der Waals surface area contributed by atoms with E-state index in [1.54, 1.807) is 0 Å². The fourth-order valence-electron chi connectivity index (χ4n) is 18.4. The zero-order valence-electron chi connectivity index (χ0n) is 61.8. The molecule has 0 N–H and O–H groups in total. The molecule has 19 aromatic rings. The van der Waals surface area contributed by atoms with Gasteiger partial charge in [0.05, 0.1) is 0 Å². The second-order valence-electron chi connectivity index (χ2n) is 31.2. The van der Waals surface area contributed by atoms with Gasteiger partial charge >= 0.3 is 0 Å². The first-order chi connectivity index (χ1) is 54.0. The average Bonchev–Trinajstić information content (AvgIpc) is 1.55. The van der Waals surface area contributed by atoms with Gasteiger partial charge < -0.3 is 9.80 Å². The summed E-state index contributed by atoms with van der Waals surface area (Å²) >= 11 is 0. The Hall–Kier alpha value is -13.7. The van der Waals surface area contributed by atoms with Crippen LogP contribution in [0.25, 0.3) is 154 Å². The van der Waals surface area contributed by atoms with Crippen LogP contribution >= 0.6 is 0 Å². The van der Waals surface area contributed by atoms with E-state index in [1.165, 1.54) is 165 Å². The molecule has 2 nitrogen and oxygen atoms in total. The van der Waals surface area contributed by atoms with Crippen LogP contribution in [0.5, 0.6) is 0 Å². The number of fused-ring (bicyclic) bond motifs is 14. The van der Waals surface area contributed by atoms with Gasteiger partial charge in [0.2, 0.25) is 0 Å². The summed E-state index contributed by atoms with van der Waals surface area (Å²) in [5, 5.41) is 14.8. The Morgan fingerprint density at radius 2 is 0.491 bits per heavy atom. The third-order valence-electron chi connectivity index (χ3n) is 24.2. The van der Waals surface area contributed by atoms with E-state index in [1.807, 2.05) is 0 Å². The van der Waals surface area contributed by atoms with Crippen molar-refractivity contribution in [1.29, 1.82) is 0 Å². The lowest BCUT2D eigenvalue weighted by Gasteiger charge is -2.28. The first-order valence-corrected chi connectivity index (χ1v) is 38.5. The molecule has 2 heteroatoms. The molecule has 0 atom stereocenters. The maximum absolute atomic E-state index is 2.45. The molecule has 21 rings (SSSR count). The van der Waals surface area contributed by atoms with Crippen molar-refractivity contribution < 1.29 is 0 Å². The van der Waals surface area contributed by atoms with Crippen LogP contribution in [-0.2, 0) is 10.8 Å². The minimum Gasteiger partial charge on any atom is -0.310 e. The maximum atomic E-state index is 2.45. The molecule has 2 aliphatic carbocycles. The van der Waals surface area contributed by atoms with E-state index in [2.05, 4.69) is 426 Å². The SMILES string of the molecule is CC1(C)c2ccccc2-c2ccc(-c3ccc(N(c4ccc(-c5ccc6ccccc6c5)cc4)c4cccc(-c5cc6cc(-c7ccc8ccc(-c9ccc(N(c%10cccc(-c%11cc%12ccccc%12c%12ccccc%11%12)c%10)c%10ccc%11c(c%10)C(C)(C)c%10ccccc%10-%11)cc9)cc8c7)ccc6c6ccccc56)c4)cc3)cc21. The number of hydrogen-bond donors (Lipinski definition) is 0. The van der Waals surface area contributed by atoms with Crippen molar-refractivity contribution >= 4 is 98.8 Å². The summed E-state index contributed by atoms with van der Waals surface area (Å²) in [6.45, 7) is 9.46. The van der Waals surface area contributed by atoms with Gasteiger partial charge in [-0.25, -0.2) is 0 Å². The zero-order chi connectivity index (χ0) is 73.3. The van der Waals surface area contributed by atoms with E-state index in [0.717, 1.165) is 45.3 Å². The Morgan fingerprint density at radius 1 is 0.155 bits per heavy atom. The second kappa shape index (κ2) is 25.5. The number of nitrogens with zero attached hydrogens (tertiary/aromatic N) is 2. The number of anilines is 6. The lowest BCUT2D eigenvalue weighted by Crippen LogP contribution is -2.16. The van der Waals surface area contributed by atoms with Crippen LogP contribution in [0.3, 0.4) is 0 Å². The molecule has 0 fully saturated rings. The van der Waals surface area contributed by atoms with E-state index in [-0.39, 0.29) is 10.8 Å². The third kappa shape index (κ3) is 10.8. The summed E-state index contributed by atoms with van der Waals surface area (Å²) < 4.78 is 0. The highest BCUT2D eigenvalue weighted by molar-refractivity contribution is 6.16. The molecule has 0 radical (unpaired) electrons. The van der Waals surface area contributed by atoms with E-state index in [9.17, 15) is 0 Å². The first-order valence-electron chi connectivity index (χ1n) is 38.5. The normalized spacial score (nSPS) is 13.1. The van der Waals surface area contributed by atoms with E-state index >= 15 is 0 Å². The Morgan fingerprint density at radius 3 is 1.04 bits per heavy atom.